The molecule has 0 bridgehead atoms. The number of hydrogen-bond acceptors (Lipinski definition) is 4. The van der Waals surface area contributed by atoms with Crippen LogP contribution in [0.3, 0.4) is 0 Å². The highest BCUT2D eigenvalue weighted by molar-refractivity contribution is 9.10. The third-order valence-corrected chi connectivity index (χ3v) is 4.11. The number of anilines is 1. The van der Waals surface area contributed by atoms with Gasteiger partial charge in [-0.25, -0.2) is 5.43 Å². The number of amides is 2. The molecule has 136 valence electrons. The summed E-state index contributed by atoms with van der Waals surface area (Å²) in [5.41, 5.74) is 5.64. The molecule has 2 amide bonds. The number of aryl methyl sites for hydroxylation is 2. The summed E-state index contributed by atoms with van der Waals surface area (Å²) in [7, 11) is 0. The predicted molar refractivity (Wildman–Crippen MR) is 105 cm³/mol. The van der Waals surface area contributed by atoms with Crippen molar-refractivity contribution in [1.29, 1.82) is 0 Å². The first kappa shape index (κ1) is 19.7. The Morgan fingerprint density at radius 1 is 1.12 bits per heavy atom. The highest BCUT2D eigenvalue weighted by Crippen LogP contribution is 2.20. The molecule has 0 aliphatic carbocycles. The number of nitrogens with zero attached hydrogens (tertiary/aromatic N) is 1. The minimum Gasteiger partial charge on any atom is -0.507 e. The van der Waals surface area contributed by atoms with Crippen molar-refractivity contribution < 1.29 is 14.7 Å². The fourth-order valence-corrected chi connectivity index (χ4v) is 2.63. The van der Waals surface area contributed by atoms with Crippen LogP contribution < -0.4 is 10.7 Å². The maximum atomic E-state index is 12.0. The molecule has 0 spiro atoms. The molecule has 0 saturated heterocycles. The second-order valence-corrected chi connectivity index (χ2v) is 6.78. The number of aromatic hydroxyl groups is 1. The van der Waals surface area contributed by atoms with E-state index >= 15 is 0 Å². The minimum absolute atomic E-state index is 0.0124. The average molecular weight is 418 g/mol. The van der Waals surface area contributed by atoms with Crippen molar-refractivity contribution in [2.24, 2.45) is 5.10 Å². The molecule has 2 aromatic carbocycles. The normalized spacial score (nSPS) is 10.7. The largest absolute Gasteiger partial charge is 0.507 e. The maximum absolute atomic E-state index is 12.0. The Morgan fingerprint density at radius 2 is 1.85 bits per heavy atom. The summed E-state index contributed by atoms with van der Waals surface area (Å²) in [6, 6.07) is 10.6. The van der Waals surface area contributed by atoms with Crippen molar-refractivity contribution in [2.75, 3.05) is 5.32 Å². The Balaban J connectivity index is 1.80. The molecular formula is C19H20BrN3O3. The number of hydrogen-bond donors (Lipinski definition) is 3. The number of carbonyl (C=O) groups excluding carboxylic acids is 2. The van der Waals surface area contributed by atoms with Crippen LogP contribution in [0.15, 0.2) is 46.0 Å². The van der Waals surface area contributed by atoms with Crippen molar-refractivity contribution >= 4 is 39.6 Å². The fourth-order valence-electron chi connectivity index (χ4n) is 2.25. The van der Waals surface area contributed by atoms with Gasteiger partial charge in [0.2, 0.25) is 11.8 Å². The van der Waals surface area contributed by atoms with E-state index in [4.69, 9.17) is 0 Å². The summed E-state index contributed by atoms with van der Waals surface area (Å²) >= 11 is 3.29. The van der Waals surface area contributed by atoms with E-state index in [1.807, 2.05) is 32.0 Å². The molecular weight excluding hydrogens is 398 g/mol. The summed E-state index contributed by atoms with van der Waals surface area (Å²) in [5, 5.41) is 16.3. The smallest absolute Gasteiger partial charge is 0.240 e. The predicted octanol–water partition coefficient (Wildman–Crippen LogP) is 3.64. The van der Waals surface area contributed by atoms with Gasteiger partial charge in [-0.2, -0.15) is 5.10 Å². The van der Waals surface area contributed by atoms with Gasteiger partial charge in [-0.3, -0.25) is 9.59 Å². The van der Waals surface area contributed by atoms with Gasteiger partial charge in [0.1, 0.15) is 5.75 Å². The average Bonchev–Trinajstić information content (AvgIpc) is 2.58. The first-order valence-electron chi connectivity index (χ1n) is 8.02. The number of halogens is 1. The molecule has 3 N–H and O–H groups in total. The van der Waals surface area contributed by atoms with Gasteiger partial charge in [0.15, 0.2) is 0 Å². The topological polar surface area (TPSA) is 90.8 Å². The van der Waals surface area contributed by atoms with E-state index in [2.05, 4.69) is 31.8 Å². The lowest BCUT2D eigenvalue weighted by Crippen LogP contribution is -2.20. The van der Waals surface area contributed by atoms with E-state index in [1.54, 1.807) is 12.1 Å². The lowest BCUT2D eigenvalue weighted by molar-refractivity contribution is -0.124. The number of benzene rings is 2. The van der Waals surface area contributed by atoms with Crippen LogP contribution >= 0.6 is 15.9 Å². The number of rotatable bonds is 6. The van der Waals surface area contributed by atoms with Crippen LogP contribution in [0, 0.1) is 13.8 Å². The van der Waals surface area contributed by atoms with E-state index in [0.29, 0.717) is 5.56 Å². The van der Waals surface area contributed by atoms with E-state index in [-0.39, 0.29) is 30.4 Å². The molecule has 7 heteroatoms. The monoisotopic (exact) mass is 417 g/mol. The SMILES string of the molecule is Cc1ccc(NC(=O)CCC(=O)NN=Cc2cc(Br)ccc2O)c(C)c1. The number of hydrazone groups is 1. The molecule has 0 atom stereocenters. The highest BCUT2D eigenvalue weighted by atomic mass is 79.9. The van der Waals surface area contributed by atoms with E-state index < -0.39 is 0 Å². The lowest BCUT2D eigenvalue weighted by Gasteiger charge is -2.08. The Kier molecular flexibility index (Phi) is 6.91. The molecule has 0 saturated carbocycles. The first-order valence-corrected chi connectivity index (χ1v) is 8.82. The summed E-state index contributed by atoms with van der Waals surface area (Å²) < 4.78 is 0.783. The van der Waals surface area contributed by atoms with Crippen molar-refractivity contribution in [2.45, 2.75) is 26.7 Å². The van der Waals surface area contributed by atoms with Crippen molar-refractivity contribution in [1.82, 2.24) is 5.43 Å². The minimum atomic E-state index is -0.383. The molecule has 0 aromatic heterocycles. The van der Waals surface area contributed by atoms with Gasteiger partial charge in [0, 0.05) is 28.6 Å². The van der Waals surface area contributed by atoms with Crippen LogP contribution in [0.2, 0.25) is 0 Å². The Bertz CT molecular complexity index is 850. The zero-order chi connectivity index (χ0) is 19.1. The van der Waals surface area contributed by atoms with Gasteiger partial charge in [-0.05, 0) is 43.7 Å². The molecule has 26 heavy (non-hydrogen) atoms. The molecule has 6 nitrogen and oxygen atoms in total. The maximum Gasteiger partial charge on any atom is 0.240 e. The zero-order valence-electron chi connectivity index (χ0n) is 14.5. The van der Waals surface area contributed by atoms with Gasteiger partial charge >= 0.3 is 0 Å². The molecule has 2 aromatic rings. The van der Waals surface area contributed by atoms with E-state index in [0.717, 1.165) is 21.3 Å². The summed E-state index contributed by atoms with van der Waals surface area (Å²) in [4.78, 5) is 23.7. The summed E-state index contributed by atoms with van der Waals surface area (Å²) in [6.07, 6.45) is 1.41. The van der Waals surface area contributed by atoms with E-state index in [1.165, 1.54) is 12.3 Å². The lowest BCUT2D eigenvalue weighted by atomic mass is 10.1. The molecule has 0 aliphatic heterocycles. The Hall–Kier alpha value is -2.67. The second kappa shape index (κ2) is 9.15. The van der Waals surface area contributed by atoms with Crippen LogP contribution in [0.4, 0.5) is 5.69 Å². The zero-order valence-corrected chi connectivity index (χ0v) is 16.1. The Labute approximate surface area is 160 Å². The van der Waals surface area contributed by atoms with Crippen molar-refractivity contribution in [3.05, 3.63) is 57.6 Å². The second-order valence-electron chi connectivity index (χ2n) is 5.86. The van der Waals surface area contributed by atoms with Gasteiger partial charge in [0.05, 0.1) is 6.21 Å². The first-order chi connectivity index (χ1) is 12.3. The third-order valence-electron chi connectivity index (χ3n) is 3.62. The number of carbonyl (C=O) groups is 2. The molecule has 0 fully saturated rings. The number of phenolic OH excluding ortho intramolecular Hbond substituents is 1. The Morgan fingerprint density at radius 3 is 2.58 bits per heavy atom. The number of nitrogens with one attached hydrogen (secondary N) is 2. The van der Waals surface area contributed by atoms with Crippen molar-refractivity contribution in [3.63, 3.8) is 0 Å². The summed E-state index contributed by atoms with van der Waals surface area (Å²) in [6.45, 7) is 3.90. The fraction of sp³-hybridized carbons (Fsp3) is 0.211. The van der Waals surface area contributed by atoms with Gasteiger partial charge < -0.3 is 10.4 Å². The molecule has 2 rings (SSSR count). The molecule has 0 radical (unpaired) electrons. The standard InChI is InChI=1S/C19H20BrN3O3/c1-12-3-5-16(13(2)9-12)22-18(25)7-8-19(26)23-21-11-14-10-15(20)4-6-17(14)24/h3-6,9-11,24H,7-8H2,1-2H3,(H,22,25)(H,23,26). The van der Waals surface area contributed by atoms with Gasteiger partial charge in [-0.1, -0.05) is 33.6 Å². The quantitative estimate of drug-likeness (QED) is 0.494. The van der Waals surface area contributed by atoms with Gasteiger partial charge in [0.25, 0.3) is 0 Å². The van der Waals surface area contributed by atoms with Gasteiger partial charge in [-0.15, -0.1) is 0 Å². The third kappa shape index (κ3) is 6.00. The van der Waals surface area contributed by atoms with Crippen LogP contribution in [0.5, 0.6) is 5.75 Å². The van der Waals surface area contributed by atoms with Crippen LogP contribution in [-0.4, -0.2) is 23.1 Å². The molecule has 0 aliphatic rings. The van der Waals surface area contributed by atoms with E-state index in [9.17, 15) is 14.7 Å². The van der Waals surface area contributed by atoms with Crippen LogP contribution in [0.25, 0.3) is 0 Å². The van der Waals surface area contributed by atoms with Crippen LogP contribution in [0.1, 0.15) is 29.5 Å². The van der Waals surface area contributed by atoms with Crippen molar-refractivity contribution in [3.8, 4) is 5.75 Å². The summed E-state index contributed by atoms with van der Waals surface area (Å²) in [5.74, 6) is -0.564. The van der Waals surface area contributed by atoms with Crippen LogP contribution in [-0.2, 0) is 9.59 Å². The highest BCUT2D eigenvalue weighted by Gasteiger charge is 2.08. The molecule has 0 heterocycles. The number of phenols is 1. The molecule has 0 unspecified atom stereocenters.